The summed E-state index contributed by atoms with van der Waals surface area (Å²) in [5.74, 6) is 0. The number of halogens is 1. The van der Waals surface area contributed by atoms with Gasteiger partial charge in [-0.15, -0.1) is 0 Å². The SMILES string of the molecule is CC1CCCCN1CC1(CBr)CC1. The Hall–Kier alpha value is 0.440. The molecule has 1 saturated heterocycles. The van der Waals surface area contributed by atoms with Crippen LogP contribution in [-0.4, -0.2) is 29.4 Å². The van der Waals surface area contributed by atoms with Gasteiger partial charge in [-0.1, -0.05) is 22.4 Å². The smallest absolute Gasteiger partial charge is 0.0100 e. The Morgan fingerprint density at radius 2 is 2.15 bits per heavy atom. The third kappa shape index (κ3) is 2.27. The largest absolute Gasteiger partial charge is 0.300 e. The van der Waals surface area contributed by atoms with Crippen LogP contribution in [0.2, 0.25) is 0 Å². The molecule has 13 heavy (non-hydrogen) atoms. The first kappa shape index (κ1) is 9.97. The van der Waals surface area contributed by atoms with Crippen molar-refractivity contribution in [3.05, 3.63) is 0 Å². The van der Waals surface area contributed by atoms with Gasteiger partial charge in [-0.05, 0) is 44.6 Å². The molecule has 0 radical (unpaired) electrons. The maximum Gasteiger partial charge on any atom is 0.0100 e. The average Bonchev–Trinajstić information content (AvgIpc) is 2.90. The van der Waals surface area contributed by atoms with Crippen molar-refractivity contribution < 1.29 is 0 Å². The molecule has 0 aromatic heterocycles. The predicted molar refractivity (Wildman–Crippen MR) is 60.3 cm³/mol. The zero-order chi connectivity index (χ0) is 9.31. The topological polar surface area (TPSA) is 3.24 Å². The van der Waals surface area contributed by atoms with E-state index in [9.17, 15) is 0 Å². The number of alkyl halides is 1. The Balaban J connectivity index is 1.85. The van der Waals surface area contributed by atoms with Gasteiger partial charge >= 0.3 is 0 Å². The number of likely N-dealkylation sites (tertiary alicyclic amines) is 1. The van der Waals surface area contributed by atoms with Crippen LogP contribution in [0.4, 0.5) is 0 Å². The molecule has 2 rings (SSSR count). The molecule has 0 aromatic rings. The van der Waals surface area contributed by atoms with Crippen molar-refractivity contribution in [2.75, 3.05) is 18.4 Å². The summed E-state index contributed by atoms with van der Waals surface area (Å²) in [7, 11) is 0. The van der Waals surface area contributed by atoms with Crippen molar-refractivity contribution >= 4 is 15.9 Å². The molecule has 2 fully saturated rings. The lowest BCUT2D eigenvalue weighted by atomic mass is 10.0. The second kappa shape index (κ2) is 3.90. The second-order valence-corrected chi connectivity index (χ2v) is 5.51. The van der Waals surface area contributed by atoms with Gasteiger partial charge in [0.15, 0.2) is 0 Å². The lowest BCUT2D eigenvalue weighted by Gasteiger charge is -2.35. The molecule has 1 aliphatic carbocycles. The van der Waals surface area contributed by atoms with E-state index in [0.29, 0.717) is 5.41 Å². The average molecular weight is 246 g/mol. The lowest BCUT2D eigenvalue weighted by Crippen LogP contribution is -2.41. The predicted octanol–water partition coefficient (Wildman–Crippen LogP) is 3.04. The van der Waals surface area contributed by atoms with Crippen LogP contribution >= 0.6 is 15.9 Å². The first-order valence-corrected chi connectivity index (χ1v) is 6.68. The number of nitrogens with zero attached hydrogens (tertiary/aromatic N) is 1. The van der Waals surface area contributed by atoms with Gasteiger partial charge in [-0.2, -0.15) is 0 Å². The van der Waals surface area contributed by atoms with Crippen LogP contribution in [0.3, 0.4) is 0 Å². The van der Waals surface area contributed by atoms with E-state index in [1.54, 1.807) is 0 Å². The molecule has 2 aliphatic rings. The van der Waals surface area contributed by atoms with Crippen molar-refractivity contribution in [1.29, 1.82) is 0 Å². The fraction of sp³-hybridized carbons (Fsp3) is 1.00. The van der Waals surface area contributed by atoms with Crippen LogP contribution in [0.15, 0.2) is 0 Å². The molecule has 2 heteroatoms. The molecular weight excluding hydrogens is 226 g/mol. The molecule has 1 nitrogen and oxygen atoms in total. The van der Waals surface area contributed by atoms with Crippen LogP contribution in [-0.2, 0) is 0 Å². The third-order valence-corrected chi connectivity index (χ3v) is 4.91. The molecule has 0 amide bonds. The van der Waals surface area contributed by atoms with Crippen LogP contribution in [0, 0.1) is 5.41 Å². The summed E-state index contributed by atoms with van der Waals surface area (Å²) in [6.45, 7) is 5.08. The van der Waals surface area contributed by atoms with Crippen LogP contribution in [0.1, 0.15) is 39.0 Å². The highest BCUT2D eigenvalue weighted by Gasteiger charge is 2.43. The fourth-order valence-electron chi connectivity index (χ4n) is 2.33. The van der Waals surface area contributed by atoms with Crippen molar-refractivity contribution in [2.45, 2.75) is 45.1 Å². The van der Waals surface area contributed by atoms with Crippen LogP contribution < -0.4 is 0 Å². The molecule has 1 heterocycles. The van der Waals surface area contributed by atoms with Gasteiger partial charge < -0.3 is 4.90 Å². The van der Waals surface area contributed by atoms with Crippen molar-refractivity contribution in [3.8, 4) is 0 Å². The summed E-state index contributed by atoms with van der Waals surface area (Å²) in [5.41, 5.74) is 0.672. The van der Waals surface area contributed by atoms with Gasteiger partial charge in [0.1, 0.15) is 0 Å². The van der Waals surface area contributed by atoms with E-state index in [4.69, 9.17) is 0 Å². The highest BCUT2D eigenvalue weighted by atomic mass is 79.9. The zero-order valence-corrected chi connectivity index (χ0v) is 10.1. The van der Waals surface area contributed by atoms with Crippen LogP contribution in [0.5, 0.6) is 0 Å². The molecular formula is C11H20BrN. The Labute approximate surface area is 90.0 Å². The maximum absolute atomic E-state index is 3.65. The summed E-state index contributed by atoms with van der Waals surface area (Å²) < 4.78 is 0. The molecule has 1 saturated carbocycles. The molecule has 76 valence electrons. The van der Waals surface area contributed by atoms with Gasteiger partial charge in [-0.25, -0.2) is 0 Å². The van der Waals surface area contributed by atoms with E-state index in [1.165, 1.54) is 50.5 Å². The minimum Gasteiger partial charge on any atom is -0.300 e. The summed E-state index contributed by atoms with van der Waals surface area (Å²) in [4.78, 5) is 2.71. The third-order valence-electron chi connectivity index (χ3n) is 3.72. The van der Waals surface area contributed by atoms with E-state index in [0.717, 1.165) is 6.04 Å². The highest BCUT2D eigenvalue weighted by molar-refractivity contribution is 9.09. The van der Waals surface area contributed by atoms with E-state index in [1.807, 2.05) is 0 Å². The number of piperidine rings is 1. The monoisotopic (exact) mass is 245 g/mol. The highest BCUT2D eigenvalue weighted by Crippen LogP contribution is 2.48. The summed E-state index contributed by atoms with van der Waals surface area (Å²) in [6, 6.07) is 0.838. The molecule has 1 unspecified atom stereocenters. The molecule has 1 atom stereocenters. The number of rotatable bonds is 3. The lowest BCUT2D eigenvalue weighted by molar-refractivity contribution is 0.135. The Bertz CT molecular complexity index is 177. The minimum absolute atomic E-state index is 0.672. The molecule has 0 bridgehead atoms. The quantitative estimate of drug-likeness (QED) is 0.692. The Kier molecular flexibility index (Phi) is 2.99. The van der Waals surface area contributed by atoms with Crippen molar-refractivity contribution in [2.24, 2.45) is 5.41 Å². The summed E-state index contributed by atoms with van der Waals surface area (Å²) in [6.07, 6.45) is 7.17. The molecule has 0 N–H and O–H groups in total. The standard InChI is InChI=1S/C11H20BrN/c1-10-4-2-3-7-13(10)9-11(8-12)5-6-11/h10H,2-9H2,1H3. The summed E-state index contributed by atoms with van der Waals surface area (Å²) in [5, 5.41) is 1.21. The van der Waals surface area contributed by atoms with Crippen LogP contribution in [0.25, 0.3) is 0 Å². The van der Waals surface area contributed by atoms with E-state index in [2.05, 4.69) is 27.8 Å². The molecule has 0 spiro atoms. The van der Waals surface area contributed by atoms with E-state index < -0.39 is 0 Å². The molecule has 1 aliphatic heterocycles. The first-order chi connectivity index (χ1) is 6.26. The number of hydrogen-bond donors (Lipinski definition) is 0. The maximum atomic E-state index is 3.65. The first-order valence-electron chi connectivity index (χ1n) is 5.56. The van der Waals surface area contributed by atoms with Crippen molar-refractivity contribution in [1.82, 2.24) is 4.90 Å². The van der Waals surface area contributed by atoms with Gasteiger partial charge in [0, 0.05) is 17.9 Å². The van der Waals surface area contributed by atoms with Gasteiger partial charge in [-0.3, -0.25) is 0 Å². The van der Waals surface area contributed by atoms with Gasteiger partial charge in [0.05, 0.1) is 0 Å². The fourth-order valence-corrected chi connectivity index (χ4v) is 3.07. The van der Waals surface area contributed by atoms with Crippen molar-refractivity contribution in [3.63, 3.8) is 0 Å². The van der Waals surface area contributed by atoms with E-state index in [-0.39, 0.29) is 0 Å². The van der Waals surface area contributed by atoms with Gasteiger partial charge in [0.25, 0.3) is 0 Å². The Morgan fingerprint density at radius 1 is 1.38 bits per heavy atom. The molecule has 0 aromatic carbocycles. The Morgan fingerprint density at radius 3 is 2.69 bits per heavy atom. The summed E-state index contributed by atoms with van der Waals surface area (Å²) >= 11 is 3.65. The second-order valence-electron chi connectivity index (χ2n) is 4.95. The minimum atomic E-state index is 0.672. The van der Waals surface area contributed by atoms with Gasteiger partial charge in [0.2, 0.25) is 0 Å². The normalized spacial score (nSPS) is 33.2. The zero-order valence-electron chi connectivity index (χ0n) is 8.56. The van der Waals surface area contributed by atoms with E-state index >= 15 is 0 Å². The number of hydrogen-bond acceptors (Lipinski definition) is 1.